The highest BCUT2D eigenvalue weighted by atomic mass is 32.2. The summed E-state index contributed by atoms with van der Waals surface area (Å²) in [6, 6.07) is 9.92. The van der Waals surface area contributed by atoms with Crippen LogP contribution in [0.2, 0.25) is 0 Å². The fraction of sp³-hybridized carbons (Fsp3) is 0.286. The SMILES string of the molecule is C[C@@H](N1CC([C@@H]2c3ccccc3SCc3ccc4c(c32)OCC=C4)n2ccc(=O)c(O)c2C1=O)C(F)(F)F. The Balaban J connectivity index is 1.65. The molecular formula is C28H23F3N2O4S. The number of aromatic hydroxyl groups is 1. The molecule has 0 bridgehead atoms. The Bertz CT molecular complexity index is 1550. The van der Waals surface area contributed by atoms with E-state index in [9.17, 15) is 27.9 Å². The summed E-state index contributed by atoms with van der Waals surface area (Å²) in [5.41, 5.74) is 2.29. The first-order valence-electron chi connectivity index (χ1n) is 12.2. The van der Waals surface area contributed by atoms with Crippen molar-refractivity contribution in [2.24, 2.45) is 0 Å². The van der Waals surface area contributed by atoms with Crippen LogP contribution in [0.5, 0.6) is 11.5 Å². The Morgan fingerprint density at radius 2 is 1.92 bits per heavy atom. The van der Waals surface area contributed by atoms with Gasteiger partial charge in [-0.1, -0.05) is 36.4 Å². The maximum atomic E-state index is 13.9. The van der Waals surface area contributed by atoms with Crippen LogP contribution in [0.15, 0.2) is 64.4 Å². The highest BCUT2D eigenvalue weighted by Crippen LogP contribution is 2.52. The maximum absolute atomic E-state index is 13.9. The molecule has 0 spiro atoms. The summed E-state index contributed by atoms with van der Waals surface area (Å²) >= 11 is 1.63. The molecule has 3 aliphatic heterocycles. The molecule has 1 aromatic heterocycles. The lowest BCUT2D eigenvalue weighted by atomic mass is 9.79. The average molecular weight is 541 g/mol. The quantitative estimate of drug-likeness (QED) is 0.475. The van der Waals surface area contributed by atoms with Crippen molar-refractivity contribution in [1.29, 1.82) is 0 Å². The number of fused-ring (bicyclic) bond motifs is 5. The molecule has 3 aliphatic rings. The molecule has 0 fully saturated rings. The predicted molar refractivity (Wildman–Crippen MR) is 137 cm³/mol. The van der Waals surface area contributed by atoms with Crippen LogP contribution >= 0.6 is 11.8 Å². The molecule has 0 saturated carbocycles. The zero-order valence-corrected chi connectivity index (χ0v) is 21.1. The molecule has 2 aromatic carbocycles. The molecule has 1 N–H and O–H groups in total. The first-order valence-corrected chi connectivity index (χ1v) is 13.1. The molecule has 6 rings (SSSR count). The molecule has 4 heterocycles. The molecule has 3 atom stereocenters. The summed E-state index contributed by atoms with van der Waals surface area (Å²) in [6.45, 7) is 0.996. The van der Waals surface area contributed by atoms with E-state index >= 15 is 0 Å². The molecule has 0 aliphatic carbocycles. The number of halogens is 3. The average Bonchev–Trinajstić information content (AvgIpc) is 3.07. The van der Waals surface area contributed by atoms with Crippen LogP contribution in [-0.2, 0) is 5.75 Å². The Morgan fingerprint density at radius 3 is 2.71 bits per heavy atom. The minimum absolute atomic E-state index is 0.280. The van der Waals surface area contributed by atoms with Crippen LogP contribution in [0, 0.1) is 0 Å². The lowest BCUT2D eigenvalue weighted by Crippen LogP contribution is -2.54. The monoisotopic (exact) mass is 540 g/mol. The smallest absolute Gasteiger partial charge is 0.408 e. The van der Waals surface area contributed by atoms with Gasteiger partial charge in [-0.3, -0.25) is 9.59 Å². The van der Waals surface area contributed by atoms with E-state index in [1.54, 1.807) is 11.8 Å². The van der Waals surface area contributed by atoms with Crippen molar-refractivity contribution < 1.29 is 27.8 Å². The van der Waals surface area contributed by atoms with Gasteiger partial charge in [-0.25, -0.2) is 0 Å². The molecule has 3 aromatic rings. The van der Waals surface area contributed by atoms with E-state index in [4.69, 9.17) is 4.74 Å². The highest BCUT2D eigenvalue weighted by molar-refractivity contribution is 7.98. The van der Waals surface area contributed by atoms with Crippen LogP contribution in [0.3, 0.4) is 0 Å². The third-order valence-electron chi connectivity index (χ3n) is 7.52. The lowest BCUT2D eigenvalue weighted by Gasteiger charge is -2.43. The van der Waals surface area contributed by atoms with E-state index < -0.39 is 47.0 Å². The number of aromatic nitrogens is 1. The second kappa shape index (κ2) is 8.97. The number of amides is 1. The molecule has 38 heavy (non-hydrogen) atoms. The Kier molecular flexibility index (Phi) is 5.82. The number of thioether (sulfide) groups is 1. The van der Waals surface area contributed by atoms with E-state index in [0.717, 1.165) is 45.0 Å². The van der Waals surface area contributed by atoms with Gasteiger partial charge in [-0.15, -0.1) is 11.8 Å². The second-order valence-corrected chi connectivity index (χ2v) is 10.6. The maximum Gasteiger partial charge on any atom is 0.408 e. The van der Waals surface area contributed by atoms with Gasteiger partial charge in [0, 0.05) is 46.5 Å². The van der Waals surface area contributed by atoms with Gasteiger partial charge in [0.05, 0.1) is 6.04 Å². The summed E-state index contributed by atoms with van der Waals surface area (Å²) in [6.07, 6.45) is 0.549. The summed E-state index contributed by atoms with van der Waals surface area (Å²) in [5, 5.41) is 10.7. The third kappa shape index (κ3) is 3.81. The van der Waals surface area contributed by atoms with Crippen molar-refractivity contribution in [3.05, 3.63) is 92.9 Å². The molecule has 6 nitrogen and oxygen atoms in total. The number of carbonyl (C=O) groups excluding carboxylic acids is 1. The Hall–Kier alpha value is -3.66. The molecule has 0 saturated heterocycles. The number of ether oxygens (including phenoxy) is 1. The standard InChI is InChI=1S/C28H23F3N2O4S/c1-15(28(29,30)31)33-13-19(32-11-10-20(34)25(35)24(32)27(33)36)23-18-6-2-3-7-21(18)38-14-17-9-8-16-5-4-12-37-26(16)22(17)23/h2-11,15,19,23,35H,12-14H2,1H3/t15-,19?,23+/m1/s1. The number of benzene rings is 2. The number of hydrogen-bond acceptors (Lipinski definition) is 5. The summed E-state index contributed by atoms with van der Waals surface area (Å²) in [4.78, 5) is 27.4. The topological polar surface area (TPSA) is 71.8 Å². The van der Waals surface area contributed by atoms with Gasteiger partial charge in [0.25, 0.3) is 5.91 Å². The van der Waals surface area contributed by atoms with Crippen LogP contribution in [0.1, 0.15) is 51.6 Å². The first kappa shape index (κ1) is 24.7. The number of alkyl halides is 3. The van der Waals surface area contributed by atoms with Crippen molar-refractivity contribution >= 4 is 23.7 Å². The zero-order chi connectivity index (χ0) is 26.8. The van der Waals surface area contributed by atoms with Gasteiger partial charge in [0.15, 0.2) is 11.4 Å². The van der Waals surface area contributed by atoms with E-state index in [-0.39, 0.29) is 6.54 Å². The lowest BCUT2D eigenvalue weighted by molar-refractivity contribution is -0.174. The summed E-state index contributed by atoms with van der Waals surface area (Å²) < 4.78 is 49.4. The molecule has 1 unspecified atom stereocenters. The molecule has 196 valence electrons. The molecule has 1 amide bonds. The van der Waals surface area contributed by atoms with Crippen LogP contribution in [0.4, 0.5) is 13.2 Å². The minimum Gasteiger partial charge on any atom is -0.503 e. The molecule has 0 radical (unpaired) electrons. The van der Waals surface area contributed by atoms with Gasteiger partial charge in [0.1, 0.15) is 18.4 Å². The van der Waals surface area contributed by atoms with Crippen molar-refractivity contribution in [1.82, 2.24) is 9.47 Å². The summed E-state index contributed by atoms with van der Waals surface area (Å²) in [7, 11) is 0. The van der Waals surface area contributed by atoms with Crippen molar-refractivity contribution in [3.8, 4) is 11.5 Å². The second-order valence-electron chi connectivity index (χ2n) is 9.60. The van der Waals surface area contributed by atoms with E-state index in [2.05, 4.69) is 0 Å². The van der Waals surface area contributed by atoms with Crippen LogP contribution in [-0.4, -0.2) is 45.9 Å². The van der Waals surface area contributed by atoms with Gasteiger partial charge in [-0.2, -0.15) is 13.2 Å². The van der Waals surface area contributed by atoms with Gasteiger partial charge >= 0.3 is 6.18 Å². The van der Waals surface area contributed by atoms with E-state index in [1.165, 1.54) is 10.8 Å². The fourth-order valence-corrected chi connectivity index (χ4v) is 6.72. The highest BCUT2D eigenvalue weighted by Gasteiger charge is 2.49. The van der Waals surface area contributed by atoms with Gasteiger partial charge < -0.3 is 19.3 Å². The largest absolute Gasteiger partial charge is 0.503 e. The normalized spacial score (nSPS) is 20.9. The number of nitrogens with zero attached hydrogens (tertiary/aromatic N) is 2. The number of hydrogen-bond donors (Lipinski definition) is 1. The van der Waals surface area contributed by atoms with Crippen molar-refractivity contribution in [3.63, 3.8) is 0 Å². The van der Waals surface area contributed by atoms with Crippen molar-refractivity contribution in [2.45, 2.75) is 41.7 Å². The Labute approximate surface area is 220 Å². The van der Waals surface area contributed by atoms with Crippen molar-refractivity contribution in [2.75, 3.05) is 13.2 Å². The van der Waals surface area contributed by atoms with Crippen LogP contribution in [0.25, 0.3) is 6.08 Å². The van der Waals surface area contributed by atoms with Gasteiger partial charge in [-0.05, 0) is 30.2 Å². The third-order valence-corrected chi connectivity index (χ3v) is 8.66. The molecular weight excluding hydrogens is 517 g/mol. The minimum atomic E-state index is -4.70. The Morgan fingerprint density at radius 1 is 1.13 bits per heavy atom. The summed E-state index contributed by atoms with van der Waals surface area (Å²) in [5.74, 6) is -1.14. The number of rotatable bonds is 2. The first-order chi connectivity index (χ1) is 18.2. The predicted octanol–water partition coefficient (Wildman–Crippen LogP) is 5.35. The number of pyridine rings is 1. The van der Waals surface area contributed by atoms with E-state index in [0.29, 0.717) is 18.1 Å². The van der Waals surface area contributed by atoms with E-state index in [1.807, 2.05) is 48.6 Å². The van der Waals surface area contributed by atoms with Crippen LogP contribution < -0.4 is 10.2 Å². The van der Waals surface area contributed by atoms with Gasteiger partial charge in [0.2, 0.25) is 5.43 Å². The fourth-order valence-electron chi connectivity index (χ4n) is 5.62. The number of carbonyl (C=O) groups is 1. The molecule has 10 heteroatoms. The zero-order valence-electron chi connectivity index (χ0n) is 20.2.